The van der Waals surface area contributed by atoms with Crippen LogP contribution in [0, 0.1) is 5.82 Å². The Bertz CT molecular complexity index is 1250. The SMILES string of the molecule is COc1ccc(CCN2C(=S)NC(=O)C2(CNC(=O)c2ccc(OC)cn2)c2ccc(F)cc2)cc1. The molecular weight excluding hydrogens is 483 g/mol. The molecule has 0 aliphatic carbocycles. The van der Waals surface area contributed by atoms with Gasteiger partial charge in [0.05, 0.1) is 27.0 Å². The van der Waals surface area contributed by atoms with Crippen molar-refractivity contribution in [3.05, 3.63) is 89.5 Å². The van der Waals surface area contributed by atoms with Crippen molar-refractivity contribution >= 4 is 29.1 Å². The molecule has 1 atom stereocenters. The number of rotatable bonds is 9. The minimum atomic E-state index is -1.38. The number of nitrogens with zero attached hydrogens (tertiary/aromatic N) is 2. The van der Waals surface area contributed by atoms with Crippen molar-refractivity contribution in [2.45, 2.75) is 12.0 Å². The van der Waals surface area contributed by atoms with Crippen molar-refractivity contribution < 1.29 is 23.5 Å². The molecule has 1 fully saturated rings. The van der Waals surface area contributed by atoms with E-state index in [1.165, 1.54) is 43.6 Å². The van der Waals surface area contributed by atoms with Gasteiger partial charge in [-0.2, -0.15) is 0 Å². The van der Waals surface area contributed by atoms with Gasteiger partial charge in [-0.3, -0.25) is 9.59 Å². The van der Waals surface area contributed by atoms with E-state index >= 15 is 0 Å². The second kappa shape index (κ2) is 10.7. The molecule has 1 unspecified atom stereocenters. The Labute approximate surface area is 213 Å². The lowest BCUT2D eigenvalue weighted by Gasteiger charge is -2.37. The molecule has 4 rings (SSSR count). The minimum Gasteiger partial charge on any atom is -0.497 e. The summed E-state index contributed by atoms with van der Waals surface area (Å²) in [5.41, 5.74) is 0.298. The number of carbonyl (C=O) groups is 2. The number of amides is 2. The maximum atomic E-state index is 13.8. The summed E-state index contributed by atoms with van der Waals surface area (Å²) in [7, 11) is 3.10. The van der Waals surface area contributed by atoms with Crippen LogP contribution < -0.4 is 20.1 Å². The highest BCUT2D eigenvalue weighted by Crippen LogP contribution is 2.34. The molecule has 2 N–H and O–H groups in total. The predicted molar refractivity (Wildman–Crippen MR) is 135 cm³/mol. The molecule has 2 aromatic carbocycles. The highest BCUT2D eigenvalue weighted by atomic mass is 32.1. The van der Waals surface area contributed by atoms with Gasteiger partial charge in [0.15, 0.2) is 10.7 Å². The average molecular weight is 509 g/mol. The average Bonchev–Trinajstić information content (AvgIpc) is 3.15. The van der Waals surface area contributed by atoms with Gasteiger partial charge in [-0.1, -0.05) is 24.3 Å². The van der Waals surface area contributed by atoms with Crippen LogP contribution in [-0.4, -0.2) is 54.1 Å². The topological polar surface area (TPSA) is 92.8 Å². The number of aromatic nitrogens is 1. The molecular formula is C26H25FN4O4S. The summed E-state index contributed by atoms with van der Waals surface area (Å²) in [4.78, 5) is 32.1. The van der Waals surface area contributed by atoms with E-state index in [0.717, 1.165) is 11.3 Å². The Morgan fingerprint density at radius 1 is 1.06 bits per heavy atom. The quantitative estimate of drug-likeness (QED) is 0.430. The Balaban J connectivity index is 1.63. The zero-order valence-electron chi connectivity index (χ0n) is 19.8. The van der Waals surface area contributed by atoms with Gasteiger partial charge in [0.1, 0.15) is 23.0 Å². The van der Waals surface area contributed by atoms with Gasteiger partial charge in [-0.25, -0.2) is 9.37 Å². The summed E-state index contributed by atoms with van der Waals surface area (Å²) >= 11 is 5.51. The Hall–Kier alpha value is -4.05. The molecule has 1 aliphatic rings. The molecule has 1 aromatic heterocycles. The second-order valence-electron chi connectivity index (χ2n) is 8.14. The first-order valence-electron chi connectivity index (χ1n) is 11.2. The molecule has 36 heavy (non-hydrogen) atoms. The van der Waals surface area contributed by atoms with Gasteiger partial charge >= 0.3 is 0 Å². The van der Waals surface area contributed by atoms with Crippen LogP contribution in [0.25, 0.3) is 0 Å². The standard InChI is InChI=1S/C26H25FN4O4S/c1-34-20-9-3-17(4-10-20)13-14-31-25(36)30-24(33)26(31,18-5-7-19(27)8-6-18)16-29-23(32)22-12-11-21(35-2)15-28-22/h3-12,15H,13-14,16H2,1-2H3,(H,29,32)(H,30,33,36). The minimum absolute atomic E-state index is 0.111. The number of halogens is 1. The van der Waals surface area contributed by atoms with E-state index in [4.69, 9.17) is 21.7 Å². The molecule has 8 nitrogen and oxygen atoms in total. The van der Waals surface area contributed by atoms with Gasteiger partial charge in [-0.15, -0.1) is 0 Å². The molecule has 1 saturated heterocycles. The van der Waals surface area contributed by atoms with Crippen LogP contribution in [0.5, 0.6) is 11.5 Å². The molecule has 2 heterocycles. The van der Waals surface area contributed by atoms with Crippen molar-refractivity contribution in [3.63, 3.8) is 0 Å². The van der Waals surface area contributed by atoms with Crippen molar-refractivity contribution in [1.82, 2.24) is 20.5 Å². The number of carbonyl (C=O) groups excluding carboxylic acids is 2. The predicted octanol–water partition coefficient (Wildman–Crippen LogP) is 2.82. The fourth-order valence-corrected chi connectivity index (χ4v) is 4.45. The van der Waals surface area contributed by atoms with E-state index in [0.29, 0.717) is 24.3 Å². The first kappa shape index (κ1) is 25.1. The number of thiocarbonyl (C=S) groups is 1. The fraction of sp³-hybridized carbons (Fsp3) is 0.231. The normalized spacial score (nSPS) is 17.0. The first-order valence-corrected chi connectivity index (χ1v) is 11.6. The molecule has 0 radical (unpaired) electrons. The summed E-state index contributed by atoms with van der Waals surface area (Å²) in [6.07, 6.45) is 2.00. The number of methoxy groups -OCH3 is 2. The summed E-state index contributed by atoms with van der Waals surface area (Å²) in [5.74, 6) is -0.0646. The van der Waals surface area contributed by atoms with E-state index in [1.807, 2.05) is 24.3 Å². The zero-order chi connectivity index (χ0) is 25.7. The number of benzene rings is 2. The molecule has 1 aliphatic heterocycles. The van der Waals surface area contributed by atoms with Gasteiger partial charge in [-0.05, 0) is 66.2 Å². The van der Waals surface area contributed by atoms with Crippen molar-refractivity contribution in [1.29, 1.82) is 0 Å². The van der Waals surface area contributed by atoms with Crippen LogP contribution in [0.3, 0.4) is 0 Å². The molecule has 3 aromatic rings. The smallest absolute Gasteiger partial charge is 0.269 e. The Kier molecular flexibility index (Phi) is 7.44. The highest BCUT2D eigenvalue weighted by molar-refractivity contribution is 7.80. The summed E-state index contributed by atoms with van der Waals surface area (Å²) < 4.78 is 24.1. The molecule has 10 heteroatoms. The van der Waals surface area contributed by atoms with Crippen molar-refractivity contribution in [2.75, 3.05) is 27.3 Å². The summed E-state index contributed by atoms with van der Waals surface area (Å²) in [5, 5.41) is 5.77. The summed E-state index contributed by atoms with van der Waals surface area (Å²) in [6, 6.07) is 16.3. The highest BCUT2D eigenvalue weighted by Gasteiger charge is 2.52. The van der Waals surface area contributed by atoms with Gasteiger partial charge in [0.25, 0.3) is 11.8 Å². The van der Waals surface area contributed by atoms with Crippen LogP contribution in [0.2, 0.25) is 0 Å². The van der Waals surface area contributed by atoms with E-state index in [-0.39, 0.29) is 17.4 Å². The van der Waals surface area contributed by atoms with E-state index < -0.39 is 23.2 Å². The third kappa shape index (κ3) is 4.99. The van der Waals surface area contributed by atoms with E-state index in [2.05, 4.69) is 15.6 Å². The van der Waals surface area contributed by atoms with Crippen LogP contribution in [-0.2, 0) is 16.8 Å². The Morgan fingerprint density at radius 3 is 2.33 bits per heavy atom. The van der Waals surface area contributed by atoms with E-state index in [1.54, 1.807) is 18.1 Å². The third-order valence-corrected chi connectivity index (χ3v) is 6.44. The van der Waals surface area contributed by atoms with Crippen LogP contribution in [0.15, 0.2) is 66.9 Å². The number of hydrogen-bond acceptors (Lipinski definition) is 6. The molecule has 186 valence electrons. The van der Waals surface area contributed by atoms with Crippen LogP contribution >= 0.6 is 12.2 Å². The first-order chi connectivity index (χ1) is 17.4. The monoisotopic (exact) mass is 508 g/mol. The van der Waals surface area contributed by atoms with Gasteiger partial charge < -0.3 is 25.0 Å². The lowest BCUT2D eigenvalue weighted by molar-refractivity contribution is -0.126. The van der Waals surface area contributed by atoms with Crippen molar-refractivity contribution in [3.8, 4) is 11.5 Å². The zero-order valence-corrected chi connectivity index (χ0v) is 20.6. The maximum Gasteiger partial charge on any atom is 0.269 e. The number of ether oxygens (including phenoxy) is 2. The lowest BCUT2D eigenvalue weighted by Crippen LogP contribution is -2.55. The number of hydrogen-bond donors (Lipinski definition) is 2. The van der Waals surface area contributed by atoms with Crippen molar-refractivity contribution in [2.24, 2.45) is 0 Å². The largest absolute Gasteiger partial charge is 0.497 e. The van der Waals surface area contributed by atoms with Gasteiger partial charge in [0, 0.05) is 6.54 Å². The maximum absolute atomic E-state index is 13.8. The fourth-order valence-electron chi connectivity index (χ4n) is 4.11. The van der Waals surface area contributed by atoms with Crippen LogP contribution in [0.1, 0.15) is 21.6 Å². The molecule has 0 spiro atoms. The third-order valence-electron chi connectivity index (χ3n) is 6.12. The van der Waals surface area contributed by atoms with Crippen LogP contribution in [0.4, 0.5) is 4.39 Å². The lowest BCUT2D eigenvalue weighted by atomic mass is 9.87. The second-order valence-corrected chi connectivity index (χ2v) is 8.53. The van der Waals surface area contributed by atoms with Gasteiger partial charge in [0.2, 0.25) is 0 Å². The summed E-state index contributed by atoms with van der Waals surface area (Å²) in [6.45, 7) is 0.262. The number of pyridine rings is 1. The number of nitrogens with one attached hydrogen (secondary N) is 2. The molecule has 2 amide bonds. The van der Waals surface area contributed by atoms with E-state index in [9.17, 15) is 14.0 Å². The Morgan fingerprint density at radius 2 is 1.72 bits per heavy atom. The molecule has 0 bridgehead atoms. The molecule has 0 saturated carbocycles.